The summed E-state index contributed by atoms with van der Waals surface area (Å²) < 4.78 is 1.76. The molecule has 1 aliphatic carbocycles. The normalized spacial score (nSPS) is 24.9. The Bertz CT molecular complexity index is 520. The van der Waals surface area contributed by atoms with Crippen molar-refractivity contribution in [2.75, 3.05) is 6.54 Å². The van der Waals surface area contributed by atoms with Gasteiger partial charge in [0.2, 0.25) is 0 Å². The molecule has 0 bridgehead atoms. The smallest absolute Gasteiger partial charge is 0.312 e. The van der Waals surface area contributed by atoms with Crippen molar-refractivity contribution in [1.82, 2.24) is 20.1 Å². The fraction of sp³-hybridized carbons (Fsp3) is 0.867. The van der Waals surface area contributed by atoms with Crippen LogP contribution in [0.15, 0.2) is 9.95 Å². The van der Waals surface area contributed by atoms with Crippen LogP contribution >= 0.6 is 11.8 Å². The topological polar surface area (TPSA) is 62.7 Å². The van der Waals surface area contributed by atoms with Crippen LogP contribution in [0.5, 0.6) is 0 Å². The SMILES string of the molecule is CCCNC1C(Sc2n[nH]c(=O)n2C(C)C)CCC1(C)C. The number of nitrogens with zero attached hydrogens (tertiary/aromatic N) is 2. The van der Waals surface area contributed by atoms with Gasteiger partial charge in [0.05, 0.1) is 0 Å². The van der Waals surface area contributed by atoms with Crippen LogP contribution in [0.4, 0.5) is 0 Å². The Hall–Kier alpha value is -0.750. The number of aromatic amines is 1. The van der Waals surface area contributed by atoms with E-state index in [2.05, 4.69) is 36.3 Å². The first-order chi connectivity index (χ1) is 9.86. The molecule has 0 aliphatic heterocycles. The lowest BCUT2D eigenvalue weighted by molar-refractivity contribution is 0.287. The molecule has 1 aromatic heterocycles. The second kappa shape index (κ2) is 6.57. The summed E-state index contributed by atoms with van der Waals surface area (Å²) in [5.41, 5.74) is 0.189. The van der Waals surface area contributed by atoms with Gasteiger partial charge in [0.25, 0.3) is 0 Å². The summed E-state index contributed by atoms with van der Waals surface area (Å²) in [7, 11) is 0. The summed E-state index contributed by atoms with van der Waals surface area (Å²) in [5.74, 6) is 0. The van der Waals surface area contributed by atoms with E-state index in [9.17, 15) is 4.79 Å². The van der Waals surface area contributed by atoms with Crippen molar-refractivity contribution in [1.29, 1.82) is 0 Å². The molecule has 0 saturated heterocycles. The highest BCUT2D eigenvalue weighted by molar-refractivity contribution is 7.99. The van der Waals surface area contributed by atoms with E-state index < -0.39 is 0 Å². The van der Waals surface area contributed by atoms with E-state index in [1.807, 2.05) is 13.8 Å². The van der Waals surface area contributed by atoms with Crippen molar-refractivity contribution in [2.24, 2.45) is 5.41 Å². The van der Waals surface area contributed by atoms with E-state index in [-0.39, 0.29) is 11.7 Å². The van der Waals surface area contributed by atoms with Crippen LogP contribution < -0.4 is 11.0 Å². The Kier molecular flexibility index (Phi) is 5.20. The second-order valence-corrected chi connectivity index (χ2v) is 8.10. The summed E-state index contributed by atoms with van der Waals surface area (Å²) in [6.45, 7) is 11.9. The van der Waals surface area contributed by atoms with E-state index in [4.69, 9.17) is 0 Å². The molecule has 1 fully saturated rings. The maximum absolute atomic E-state index is 11.9. The second-order valence-electron chi connectivity index (χ2n) is 6.89. The largest absolute Gasteiger partial charge is 0.344 e. The Balaban J connectivity index is 2.16. The molecule has 2 unspecified atom stereocenters. The summed E-state index contributed by atoms with van der Waals surface area (Å²) in [6, 6.07) is 0.602. The van der Waals surface area contributed by atoms with Gasteiger partial charge in [0, 0.05) is 17.3 Å². The molecule has 2 rings (SSSR count). The third kappa shape index (κ3) is 3.54. The highest BCUT2D eigenvalue weighted by Crippen LogP contribution is 2.44. The number of aromatic nitrogens is 3. The zero-order valence-electron chi connectivity index (χ0n) is 13.8. The number of H-pyrrole nitrogens is 1. The fourth-order valence-electron chi connectivity index (χ4n) is 3.14. The van der Waals surface area contributed by atoms with E-state index in [0.29, 0.717) is 16.7 Å². The van der Waals surface area contributed by atoms with Gasteiger partial charge in [-0.3, -0.25) is 4.57 Å². The number of hydrogen-bond donors (Lipinski definition) is 2. The van der Waals surface area contributed by atoms with Gasteiger partial charge in [-0.15, -0.1) is 5.10 Å². The van der Waals surface area contributed by atoms with Gasteiger partial charge in [0.15, 0.2) is 5.16 Å². The summed E-state index contributed by atoms with van der Waals surface area (Å²) in [4.78, 5) is 11.9. The molecule has 5 nitrogen and oxygen atoms in total. The van der Waals surface area contributed by atoms with Crippen LogP contribution in [0.25, 0.3) is 0 Å². The van der Waals surface area contributed by atoms with Crippen molar-refractivity contribution in [3.8, 4) is 0 Å². The van der Waals surface area contributed by atoms with E-state index in [0.717, 1.165) is 24.5 Å². The Morgan fingerprint density at radius 3 is 2.86 bits per heavy atom. The molecule has 21 heavy (non-hydrogen) atoms. The zero-order valence-corrected chi connectivity index (χ0v) is 14.6. The lowest BCUT2D eigenvalue weighted by atomic mass is 9.87. The van der Waals surface area contributed by atoms with Crippen LogP contribution in [0.1, 0.15) is 59.9 Å². The van der Waals surface area contributed by atoms with E-state index >= 15 is 0 Å². The maximum atomic E-state index is 11.9. The predicted octanol–water partition coefficient (Wildman–Crippen LogP) is 2.80. The van der Waals surface area contributed by atoms with Gasteiger partial charge in [-0.25, -0.2) is 9.89 Å². The van der Waals surface area contributed by atoms with Gasteiger partial charge in [-0.05, 0) is 45.1 Å². The molecule has 1 aliphatic rings. The quantitative estimate of drug-likeness (QED) is 0.848. The third-order valence-electron chi connectivity index (χ3n) is 4.35. The molecule has 6 heteroatoms. The maximum Gasteiger partial charge on any atom is 0.344 e. The Labute approximate surface area is 131 Å². The lowest BCUT2D eigenvalue weighted by Crippen LogP contribution is -2.43. The van der Waals surface area contributed by atoms with Crippen molar-refractivity contribution < 1.29 is 0 Å². The van der Waals surface area contributed by atoms with Gasteiger partial charge < -0.3 is 5.32 Å². The van der Waals surface area contributed by atoms with Crippen LogP contribution in [0, 0.1) is 5.41 Å². The molecular formula is C15H28N4OS. The van der Waals surface area contributed by atoms with Gasteiger partial charge in [0.1, 0.15) is 0 Å². The first kappa shape index (κ1) is 16.6. The van der Waals surface area contributed by atoms with Crippen molar-refractivity contribution in [3.63, 3.8) is 0 Å². The minimum atomic E-state index is -0.108. The van der Waals surface area contributed by atoms with Gasteiger partial charge >= 0.3 is 5.69 Å². The van der Waals surface area contributed by atoms with Crippen molar-refractivity contribution >= 4 is 11.8 Å². The summed E-state index contributed by atoms with van der Waals surface area (Å²) in [5, 5.41) is 11.8. The zero-order chi connectivity index (χ0) is 15.6. The van der Waals surface area contributed by atoms with Crippen molar-refractivity contribution in [2.45, 2.75) is 76.4 Å². The molecule has 0 amide bonds. The number of thioether (sulfide) groups is 1. The predicted molar refractivity (Wildman–Crippen MR) is 88.0 cm³/mol. The van der Waals surface area contributed by atoms with Gasteiger partial charge in [-0.1, -0.05) is 32.5 Å². The molecule has 1 heterocycles. The lowest BCUT2D eigenvalue weighted by Gasteiger charge is -2.31. The average molecular weight is 312 g/mol. The molecule has 1 aromatic rings. The Morgan fingerprint density at radius 1 is 1.52 bits per heavy atom. The van der Waals surface area contributed by atoms with Crippen LogP contribution in [0.2, 0.25) is 0 Å². The standard InChI is InChI=1S/C15H28N4OS/c1-6-9-16-12-11(7-8-15(12,4)5)21-14-18-17-13(20)19(14)10(2)3/h10-12,16H,6-9H2,1-5H3,(H,17,20). The molecule has 120 valence electrons. The first-order valence-corrected chi connectivity index (χ1v) is 8.81. The molecule has 0 spiro atoms. The van der Waals surface area contributed by atoms with Crippen molar-refractivity contribution in [3.05, 3.63) is 10.5 Å². The minimum absolute atomic E-state index is 0.108. The molecule has 1 saturated carbocycles. The van der Waals surface area contributed by atoms with Gasteiger partial charge in [-0.2, -0.15) is 0 Å². The Morgan fingerprint density at radius 2 is 2.24 bits per heavy atom. The van der Waals surface area contributed by atoms with E-state index in [1.54, 1.807) is 16.3 Å². The molecular weight excluding hydrogens is 284 g/mol. The number of hydrogen-bond acceptors (Lipinski definition) is 4. The van der Waals surface area contributed by atoms with Crippen LogP contribution in [-0.2, 0) is 0 Å². The molecule has 2 atom stereocenters. The molecule has 0 radical (unpaired) electrons. The summed E-state index contributed by atoms with van der Waals surface area (Å²) >= 11 is 1.75. The third-order valence-corrected chi connectivity index (χ3v) is 5.66. The number of rotatable bonds is 6. The number of nitrogens with one attached hydrogen (secondary N) is 2. The van der Waals surface area contributed by atoms with E-state index in [1.165, 1.54) is 6.42 Å². The minimum Gasteiger partial charge on any atom is -0.312 e. The molecule has 0 aromatic carbocycles. The average Bonchev–Trinajstić information content (AvgIpc) is 2.89. The summed E-state index contributed by atoms with van der Waals surface area (Å²) in [6.07, 6.45) is 3.52. The van der Waals surface area contributed by atoms with Crippen LogP contribution in [-0.4, -0.2) is 32.6 Å². The monoisotopic (exact) mass is 312 g/mol. The first-order valence-electron chi connectivity index (χ1n) is 7.93. The highest BCUT2D eigenvalue weighted by atomic mass is 32.2. The highest BCUT2D eigenvalue weighted by Gasteiger charge is 2.42. The fourth-order valence-corrected chi connectivity index (χ4v) is 4.75. The van der Waals surface area contributed by atoms with Crippen LogP contribution in [0.3, 0.4) is 0 Å². The molecule has 2 N–H and O–H groups in total.